The molecule has 2 aromatic heterocycles. The molecule has 2 aromatic carbocycles. The predicted molar refractivity (Wildman–Crippen MR) is 115 cm³/mol. The van der Waals surface area contributed by atoms with Gasteiger partial charge in [-0.05, 0) is 25.5 Å². The van der Waals surface area contributed by atoms with Gasteiger partial charge in [-0.1, -0.05) is 71.8 Å². The molecule has 0 saturated heterocycles. The van der Waals surface area contributed by atoms with Crippen LogP contribution in [0.5, 0.6) is 0 Å². The third kappa shape index (κ3) is 4.18. The second-order valence-corrected chi connectivity index (χ2v) is 7.77. The quantitative estimate of drug-likeness (QED) is 0.416. The predicted octanol–water partition coefficient (Wildman–Crippen LogP) is 5.87. The number of alkyl halides is 3. The van der Waals surface area contributed by atoms with Gasteiger partial charge in [-0.25, -0.2) is 9.50 Å². The maximum absolute atomic E-state index is 13.8. The molecule has 0 saturated carbocycles. The van der Waals surface area contributed by atoms with Crippen LogP contribution >= 0.6 is 11.6 Å². The van der Waals surface area contributed by atoms with Gasteiger partial charge in [-0.2, -0.15) is 18.3 Å². The lowest BCUT2D eigenvalue weighted by atomic mass is 10.1. The highest BCUT2D eigenvalue weighted by Crippen LogP contribution is 2.34. The van der Waals surface area contributed by atoms with Crippen molar-refractivity contribution >= 4 is 23.2 Å². The number of fused-ring (bicyclic) bond motifs is 1. The van der Waals surface area contributed by atoms with E-state index in [1.54, 1.807) is 31.2 Å². The Balaban J connectivity index is 1.79. The number of aromatic nitrogens is 3. The minimum atomic E-state index is -4.74. The van der Waals surface area contributed by atoms with E-state index in [0.717, 1.165) is 17.2 Å². The third-order valence-electron chi connectivity index (χ3n) is 5.03. The molecular weight excluding hydrogens is 441 g/mol. The fourth-order valence-corrected chi connectivity index (χ4v) is 3.55. The van der Waals surface area contributed by atoms with Crippen molar-refractivity contribution in [3.8, 4) is 11.3 Å². The van der Waals surface area contributed by atoms with Crippen LogP contribution in [-0.4, -0.2) is 20.5 Å². The fourth-order valence-electron chi connectivity index (χ4n) is 3.30. The Kier molecular flexibility index (Phi) is 5.64. The number of hydrogen-bond donors (Lipinski definition) is 1. The van der Waals surface area contributed by atoms with Gasteiger partial charge in [-0.15, -0.1) is 0 Å². The molecule has 0 aliphatic carbocycles. The largest absolute Gasteiger partial charge is 0.433 e. The fraction of sp³-hybridized carbons (Fsp3) is 0.174. The summed E-state index contributed by atoms with van der Waals surface area (Å²) in [5.41, 5.74) is 0.718. The van der Waals surface area contributed by atoms with Gasteiger partial charge in [0.1, 0.15) is 5.02 Å². The standard InChI is InChI=1S/C23H18ClF3N4O/c1-13-8-10-16(11-9-13)17-12-18(23(25,26)27)31-21(29-17)19(24)20(30-31)22(32)28-14(2)15-6-4-3-5-7-15/h3-12,14H,1-2H3,(H,28,32). The lowest BCUT2D eigenvalue weighted by Gasteiger charge is -2.13. The van der Waals surface area contributed by atoms with E-state index in [2.05, 4.69) is 15.4 Å². The number of carbonyl (C=O) groups excluding carboxylic acids is 1. The van der Waals surface area contributed by atoms with Gasteiger partial charge in [0.15, 0.2) is 17.0 Å². The van der Waals surface area contributed by atoms with Crippen LogP contribution in [0.2, 0.25) is 5.02 Å². The van der Waals surface area contributed by atoms with Crippen molar-refractivity contribution in [2.45, 2.75) is 26.1 Å². The van der Waals surface area contributed by atoms with E-state index in [-0.39, 0.29) is 22.1 Å². The van der Waals surface area contributed by atoms with Crippen LogP contribution in [0.3, 0.4) is 0 Å². The van der Waals surface area contributed by atoms with Crippen molar-refractivity contribution in [2.75, 3.05) is 0 Å². The van der Waals surface area contributed by atoms with Gasteiger partial charge in [0, 0.05) is 5.56 Å². The number of amides is 1. The molecule has 4 rings (SSSR count). The smallest absolute Gasteiger partial charge is 0.344 e. The molecule has 32 heavy (non-hydrogen) atoms. The highest BCUT2D eigenvalue weighted by Gasteiger charge is 2.36. The molecule has 0 spiro atoms. The van der Waals surface area contributed by atoms with Gasteiger partial charge < -0.3 is 5.32 Å². The highest BCUT2D eigenvalue weighted by molar-refractivity contribution is 6.36. The summed E-state index contributed by atoms with van der Waals surface area (Å²) >= 11 is 6.31. The SMILES string of the molecule is Cc1ccc(-c2cc(C(F)(F)F)n3nc(C(=O)NC(C)c4ccccc4)c(Cl)c3n2)cc1. The van der Waals surface area contributed by atoms with Crippen molar-refractivity contribution in [3.05, 3.63) is 88.2 Å². The van der Waals surface area contributed by atoms with Crippen molar-refractivity contribution in [2.24, 2.45) is 0 Å². The van der Waals surface area contributed by atoms with Crippen LogP contribution in [0.25, 0.3) is 16.9 Å². The summed E-state index contributed by atoms with van der Waals surface area (Å²) in [6.45, 7) is 3.63. The van der Waals surface area contributed by atoms with Gasteiger partial charge in [0.05, 0.1) is 11.7 Å². The number of nitrogens with zero attached hydrogens (tertiary/aromatic N) is 3. The minimum Gasteiger partial charge on any atom is -0.344 e. The molecule has 9 heteroatoms. The van der Waals surface area contributed by atoms with Crippen LogP contribution in [0.4, 0.5) is 13.2 Å². The molecule has 0 fully saturated rings. The molecule has 0 bridgehead atoms. The van der Waals surface area contributed by atoms with E-state index in [4.69, 9.17) is 11.6 Å². The van der Waals surface area contributed by atoms with Gasteiger partial charge in [0.2, 0.25) is 0 Å². The summed E-state index contributed by atoms with van der Waals surface area (Å²) in [5.74, 6) is -0.693. The number of nitrogens with one attached hydrogen (secondary N) is 1. The summed E-state index contributed by atoms with van der Waals surface area (Å²) in [7, 11) is 0. The topological polar surface area (TPSA) is 59.3 Å². The molecular formula is C23H18ClF3N4O. The van der Waals surface area contributed by atoms with Gasteiger partial charge in [-0.3, -0.25) is 4.79 Å². The zero-order valence-electron chi connectivity index (χ0n) is 17.1. The van der Waals surface area contributed by atoms with E-state index in [9.17, 15) is 18.0 Å². The van der Waals surface area contributed by atoms with E-state index in [1.807, 2.05) is 37.3 Å². The van der Waals surface area contributed by atoms with Crippen molar-refractivity contribution in [1.29, 1.82) is 0 Å². The molecule has 2 heterocycles. The Morgan fingerprint density at radius 1 is 1.09 bits per heavy atom. The Bertz CT molecular complexity index is 1280. The van der Waals surface area contributed by atoms with E-state index < -0.39 is 23.8 Å². The van der Waals surface area contributed by atoms with E-state index in [1.165, 1.54) is 0 Å². The summed E-state index contributed by atoms with van der Waals surface area (Å²) in [4.78, 5) is 17.1. The number of rotatable bonds is 4. The van der Waals surface area contributed by atoms with Crippen LogP contribution in [0.1, 0.15) is 40.3 Å². The highest BCUT2D eigenvalue weighted by atomic mass is 35.5. The summed E-state index contributed by atoms with van der Waals surface area (Å²) < 4.78 is 42.0. The third-order valence-corrected chi connectivity index (χ3v) is 5.38. The van der Waals surface area contributed by atoms with E-state index >= 15 is 0 Å². The van der Waals surface area contributed by atoms with Crippen molar-refractivity contribution in [1.82, 2.24) is 19.9 Å². The zero-order chi connectivity index (χ0) is 23.0. The van der Waals surface area contributed by atoms with Crippen LogP contribution in [0, 0.1) is 6.92 Å². The number of carbonyl (C=O) groups is 1. The monoisotopic (exact) mass is 458 g/mol. The first-order chi connectivity index (χ1) is 15.1. The lowest BCUT2D eigenvalue weighted by Crippen LogP contribution is -2.27. The Hall–Kier alpha value is -3.39. The zero-order valence-corrected chi connectivity index (χ0v) is 17.9. The first kappa shape index (κ1) is 21.8. The normalized spacial score (nSPS) is 12.7. The molecule has 5 nitrogen and oxygen atoms in total. The minimum absolute atomic E-state index is 0.0798. The molecule has 0 aliphatic heterocycles. The van der Waals surface area contributed by atoms with Crippen LogP contribution in [0.15, 0.2) is 60.7 Å². The maximum atomic E-state index is 13.8. The first-order valence-electron chi connectivity index (χ1n) is 9.74. The summed E-state index contributed by atoms with van der Waals surface area (Å²) in [5, 5.41) is 6.33. The molecule has 0 radical (unpaired) electrons. The average Bonchev–Trinajstić information content (AvgIpc) is 3.10. The Morgan fingerprint density at radius 2 is 1.75 bits per heavy atom. The number of hydrogen-bond acceptors (Lipinski definition) is 3. The van der Waals surface area contributed by atoms with E-state index in [0.29, 0.717) is 10.1 Å². The molecule has 1 amide bonds. The molecule has 1 atom stereocenters. The summed E-state index contributed by atoms with van der Waals surface area (Å²) in [6, 6.07) is 16.5. The Morgan fingerprint density at radius 3 is 2.38 bits per heavy atom. The summed E-state index contributed by atoms with van der Waals surface area (Å²) in [6.07, 6.45) is -4.74. The second kappa shape index (κ2) is 8.27. The first-order valence-corrected chi connectivity index (χ1v) is 10.1. The number of benzene rings is 2. The van der Waals surface area contributed by atoms with Gasteiger partial charge >= 0.3 is 6.18 Å². The number of aryl methyl sites for hydroxylation is 1. The molecule has 164 valence electrons. The average molecular weight is 459 g/mol. The maximum Gasteiger partial charge on any atom is 0.433 e. The van der Waals surface area contributed by atoms with Crippen LogP contribution in [-0.2, 0) is 6.18 Å². The van der Waals surface area contributed by atoms with Gasteiger partial charge in [0.25, 0.3) is 5.91 Å². The molecule has 4 aromatic rings. The second-order valence-electron chi connectivity index (χ2n) is 7.39. The molecule has 1 unspecified atom stereocenters. The molecule has 1 N–H and O–H groups in total. The lowest BCUT2D eigenvalue weighted by molar-refractivity contribution is -0.142. The van der Waals surface area contributed by atoms with Crippen LogP contribution < -0.4 is 5.32 Å². The number of halogens is 4. The van der Waals surface area contributed by atoms with Crippen molar-refractivity contribution < 1.29 is 18.0 Å². The Labute approximate surface area is 186 Å². The van der Waals surface area contributed by atoms with Crippen molar-refractivity contribution in [3.63, 3.8) is 0 Å². The molecule has 0 aliphatic rings.